The molecule has 6 rings (SSSR count). The molecule has 0 spiro atoms. The van der Waals surface area contributed by atoms with E-state index in [2.05, 4.69) is 29.2 Å². The first-order chi connectivity index (χ1) is 18.1. The fraction of sp³-hybridized carbons (Fsp3) is 0.200. The number of aromatic nitrogens is 2. The molecule has 5 aromatic rings. The van der Waals surface area contributed by atoms with Crippen molar-refractivity contribution in [1.29, 1.82) is 0 Å². The maximum atomic E-state index is 14.3. The van der Waals surface area contributed by atoms with Crippen molar-refractivity contribution in [2.45, 2.75) is 37.3 Å². The summed E-state index contributed by atoms with van der Waals surface area (Å²) in [7, 11) is 0. The highest BCUT2D eigenvalue weighted by molar-refractivity contribution is 7.98. The van der Waals surface area contributed by atoms with Crippen molar-refractivity contribution in [3.63, 3.8) is 0 Å². The van der Waals surface area contributed by atoms with E-state index in [4.69, 9.17) is 4.98 Å². The minimum Gasteiger partial charge on any atom is -0.294 e. The van der Waals surface area contributed by atoms with Crippen LogP contribution in [0, 0.1) is 12.7 Å². The van der Waals surface area contributed by atoms with Crippen molar-refractivity contribution < 1.29 is 4.39 Å². The molecular formula is C30H26FN3OS2. The van der Waals surface area contributed by atoms with Crippen LogP contribution < -0.4 is 5.56 Å². The highest BCUT2D eigenvalue weighted by atomic mass is 32.2. The Bertz CT molecular complexity index is 1630. The highest BCUT2D eigenvalue weighted by Gasteiger charge is 2.26. The van der Waals surface area contributed by atoms with Crippen LogP contribution >= 0.6 is 23.1 Å². The summed E-state index contributed by atoms with van der Waals surface area (Å²) < 4.78 is 16.0. The molecule has 0 aliphatic carbocycles. The summed E-state index contributed by atoms with van der Waals surface area (Å²) in [6.07, 6.45) is 0.828. The zero-order valence-corrected chi connectivity index (χ0v) is 22.1. The molecule has 37 heavy (non-hydrogen) atoms. The number of benzene rings is 3. The van der Waals surface area contributed by atoms with Crippen LogP contribution in [0.15, 0.2) is 88.8 Å². The quantitative estimate of drug-likeness (QED) is 0.181. The molecule has 3 aromatic carbocycles. The molecule has 2 aromatic heterocycles. The molecule has 0 saturated carbocycles. The van der Waals surface area contributed by atoms with Crippen molar-refractivity contribution in [3.05, 3.63) is 122 Å². The SMILES string of the molecule is Cc1ccc(-n2c(SCc3ccccc3F)nc3sc4c(c3c2=O)CCN(Cc2ccccc2)C4)cc1. The van der Waals surface area contributed by atoms with Gasteiger partial charge in [0.05, 0.1) is 11.1 Å². The summed E-state index contributed by atoms with van der Waals surface area (Å²) in [6.45, 7) is 4.63. The van der Waals surface area contributed by atoms with Gasteiger partial charge in [0.15, 0.2) is 5.16 Å². The lowest BCUT2D eigenvalue weighted by atomic mass is 10.0. The second-order valence-electron chi connectivity index (χ2n) is 9.38. The van der Waals surface area contributed by atoms with Crippen molar-refractivity contribution in [3.8, 4) is 5.69 Å². The predicted molar refractivity (Wildman–Crippen MR) is 150 cm³/mol. The largest absolute Gasteiger partial charge is 0.294 e. The standard InChI is InChI=1S/C30H26FN3OS2/c1-20-11-13-23(14-12-20)34-29(35)27-24-15-16-33(17-21-7-3-2-4-8-21)18-26(24)37-28(27)32-30(34)36-19-22-9-5-6-10-25(22)31/h2-14H,15-19H2,1H3. The van der Waals surface area contributed by atoms with E-state index in [0.29, 0.717) is 16.5 Å². The van der Waals surface area contributed by atoms with E-state index < -0.39 is 0 Å². The summed E-state index contributed by atoms with van der Waals surface area (Å²) >= 11 is 3.02. The number of hydrogen-bond acceptors (Lipinski definition) is 5. The Morgan fingerprint density at radius 1 is 1.00 bits per heavy atom. The monoisotopic (exact) mass is 527 g/mol. The number of hydrogen-bond donors (Lipinski definition) is 0. The molecular weight excluding hydrogens is 501 g/mol. The van der Waals surface area contributed by atoms with Crippen molar-refractivity contribution in [2.24, 2.45) is 0 Å². The molecule has 7 heteroatoms. The number of halogens is 1. The van der Waals surface area contributed by atoms with E-state index >= 15 is 0 Å². The molecule has 0 N–H and O–H groups in total. The number of rotatable bonds is 6. The van der Waals surface area contributed by atoms with Gasteiger partial charge in [0.2, 0.25) is 0 Å². The molecule has 0 saturated heterocycles. The maximum absolute atomic E-state index is 14.3. The third-order valence-corrected chi connectivity index (χ3v) is 8.88. The normalized spacial score (nSPS) is 13.7. The van der Waals surface area contributed by atoms with E-state index in [1.165, 1.54) is 28.3 Å². The summed E-state index contributed by atoms with van der Waals surface area (Å²) in [6, 6.07) is 25.2. The average Bonchev–Trinajstić information content (AvgIpc) is 3.27. The van der Waals surface area contributed by atoms with Gasteiger partial charge in [0, 0.05) is 30.3 Å². The number of nitrogens with zero attached hydrogens (tertiary/aromatic N) is 3. The predicted octanol–water partition coefficient (Wildman–Crippen LogP) is 6.75. The Morgan fingerprint density at radius 2 is 1.76 bits per heavy atom. The smallest absolute Gasteiger partial charge is 0.267 e. The zero-order valence-electron chi connectivity index (χ0n) is 20.5. The second-order valence-corrected chi connectivity index (χ2v) is 11.4. The Hall–Kier alpha value is -3.26. The first-order valence-electron chi connectivity index (χ1n) is 12.3. The molecule has 3 heterocycles. The summed E-state index contributed by atoms with van der Waals surface area (Å²) in [5.74, 6) is 0.150. The number of thiophene rings is 1. The van der Waals surface area contributed by atoms with E-state index in [1.807, 2.05) is 43.3 Å². The molecule has 1 aliphatic heterocycles. The molecule has 1 aliphatic rings. The molecule has 4 nitrogen and oxygen atoms in total. The van der Waals surface area contributed by atoms with Crippen LogP contribution in [0.2, 0.25) is 0 Å². The molecule has 0 fully saturated rings. The van der Waals surface area contributed by atoms with Gasteiger partial charge < -0.3 is 0 Å². The number of aryl methyl sites for hydroxylation is 1. The van der Waals surface area contributed by atoms with Gasteiger partial charge in [-0.25, -0.2) is 9.37 Å². The summed E-state index contributed by atoms with van der Waals surface area (Å²) in [5, 5.41) is 1.32. The average molecular weight is 528 g/mol. The fourth-order valence-corrected chi connectivity index (χ4v) is 7.13. The van der Waals surface area contributed by atoms with Gasteiger partial charge in [-0.15, -0.1) is 11.3 Å². The minimum absolute atomic E-state index is 0.0427. The molecule has 0 unspecified atom stereocenters. The topological polar surface area (TPSA) is 38.1 Å². The van der Waals surface area contributed by atoms with E-state index in [0.717, 1.165) is 53.1 Å². The van der Waals surface area contributed by atoms with Gasteiger partial charge in [0.25, 0.3) is 5.56 Å². The van der Waals surface area contributed by atoms with Gasteiger partial charge in [-0.1, -0.05) is 78.0 Å². The van der Waals surface area contributed by atoms with Crippen LogP contribution in [0.1, 0.15) is 27.1 Å². The number of thioether (sulfide) groups is 1. The van der Waals surface area contributed by atoms with Crippen LogP contribution in [-0.2, 0) is 25.3 Å². The molecule has 186 valence electrons. The van der Waals surface area contributed by atoms with E-state index in [1.54, 1.807) is 28.0 Å². The van der Waals surface area contributed by atoms with Crippen molar-refractivity contribution in [1.82, 2.24) is 14.5 Å². The molecule has 0 bridgehead atoms. The molecule has 0 amide bonds. The van der Waals surface area contributed by atoms with Crippen LogP contribution in [0.5, 0.6) is 0 Å². The van der Waals surface area contributed by atoms with Crippen LogP contribution in [0.3, 0.4) is 0 Å². The molecule has 0 atom stereocenters. The number of fused-ring (bicyclic) bond motifs is 3. The van der Waals surface area contributed by atoms with Crippen LogP contribution in [0.25, 0.3) is 15.9 Å². The van der Waals surface area contributed by atoms with Crippen molar-refractivity contribution >= 4 is 33.3 Å². The van der Waals surface area contributed by atoms with Gasteiger partial charge in [-0.05, 0) is 48.2 Å². The third-order valence-electron chi connectivity index (χ3n) is 6.78. The minimum atomic E-state index is -0.245. The Labute approximate surface area is 223 Å². The van der Waals surface area contributed by atoms with E-state index in [-0.39, 0.29) is 11.4 Å². The molecule has 0 radical (unpaired) electrons. The Morgan fingerprint density at radius 3 is 2.54 bits per heavy atom. The van der Waals surface area contributed by atoms with Gasteiger partial charge in [0.1, 0.15) is 10.6 Å². The van der Waals surface area contributed by atoms with Gasteiger partial charge >= 0.3 is 0 Å². The fourth-order valence-electron chi connectivity index (χ4n) is 4.83. The Kier molecular flexibility index (Phi) is 6.67. The summed E-state index contributed by atoms with van der Waals surface area (Å²) in [4.78, 5) is 23.5. The van der Waals surface area contributed by atoms with Gasteiger partial charge in [-0.3, -0.25) is 14.3 Å². The lowest BCUT2D eigenvalue weighted by molar-refractivity contribution is 0.249. The summed E-state index contributed by atoms with van der Waals surface area (Å²) in [5.41, 5.74) is 4.88. The lowest BCUT2D eigenvalue weighted by Gasteiger charge is -2.26. The highest BCUT2D eigenvalue weighted by Crippen LogP contribution is 2.35. The third kappa shape index (κ3) is 4.87. The van der Waals surface area contributed by atoms with Crippen LogP contribution in [-0.4, -0.2) is 21.0 Å². The lowest BCUT2D eigenvalue weighted by Crippen LogP contribution is -2.30. The first kappa shape index (κ1) is 24.1. The van der Waals surface area contributed by atoms with Gasteiger partial charge in [-0.2, -0.15) is 0 Å². The van der Waals surface area contributed by atoms with Crippen LogP contribution in [0.4, 0.5) is 4.39 Å². The zero-order chi connectivity index (χ0) is 25.4. The Balaban J connectivity index is 1.40. The maximum Gasteiger partial charge on any atom is 0.267 e. The van der Waals surface area contributed by atoms with E-state index in [9.17, 15) is 9.18 Å². The van der Waals surface area contributed by atoms with Crippen molar-refractivity contribution in [2.75, 3.05) is 6.54 Å². The second kappa shape index (κ2) is 10.2. The first-order valence-corrected chi connectivity index (χ1v) is 14.1.